The molecule has 0 N–H and O–H groups in total. The second kappa shape index (κ2) is 8.14. The van der Waals surface area contributed by atoms with Gasteiger partial charge < -0.3 is 9.80 Å². The van der Waals surface area contributed by atoms with E-state index in [-0.39, 0.29) is 30.5 Å². The van der Waals surface area contributed by atoms with Gasteiger partial charge in [-0.1, -0.05) is 24.3 Å². The molecular formula is C22H27N3O3S. The van der Waals surface area contributed by atoms with Crippen LogP contribution in [-0.4, -0.2) is 61.9 Å². The summed E-state index contributed by atoms with van der Waals surface area (Å²) >= 11 is 0. The molecule has 0 bridgehead atoms. The molecule has 0 spiro atoms. The number of sulfone groups is 1. The summed E-state index contributed by atoms with van der Waals surface area (Å²) < 4.78 is 23.1. The van der Waals surface area contributed by atoms with Crippen LogP contribution >= 0.6 is 0 Å². The van der Waals surface area contributed by atoms with Crippen LogP contribution in [0.25, 0.3) is 0 Å². The van der Waals surface area contributed by atoms with Gasteiger partial charge in [0, 0.05) is 32.4 Å². The minimum absolute atomic E-state index is 0.0418. The monoisotopic (exact) mass is 413 g/mol. The van der Waals surface area contributed by atoms with Crippen LogP contribution in [0.5, 0.6) is 0 Å². The zero-order chi connectivity index (χ0) is 20.4. The number of aromatic nitrogens is 1. The number of carbonyl (C=O) groups excluding carboxylic acids is 1. The van der Waals surface area contributed by atoms with Crippen LogP contribution < -0.4 is 4.90 Å². The molecule has 7 heteroatoms. The number of hydrogen-bond donors (Lipinski definition) is 0. The van der Waals surface area contributed by atoms with E-state index in [0.717, 1.165) is 31.7 Å². The standard InChI is InChI=1S/C22H27N3O3S/c1-17-4-2-3-5-20(17)18-8-10-24(11-9-18)21-7-6-19(16-23-21)22(26)25-12-14-29(27,28)15-13-25/h2-7,16,18H,8-15H2,1H3. The van der Waals surface area contributed by atoms with E-state index in [9.17, 15) is 13.2 Å². The Morgan fingerprint density at radius 2 is 1.69 bits per heavy atom. The Bertz CT molecular complexity index is 967. The Morgan fingerprint density at radius 3 is 2.31 bits per heavy atom. The van der Waals surface area contributed by atoms with E-state index in [0.29, 0.717) is 11.5 Å². The third kappa shape index (κ3) is 4.45. The first kappa shape index (κ1) is 19.9. The van der Waals surface area contributed by atoms with Crippen LogP contribution in [-0.2, 0) is 9.84 Å². The van der Waals surface area contributed by atoms with E-state index in [1.54, 1.807) is 17.2 Å². The van der Waals surface area contributed by atoms with Gasteiger partial charge >= 0.3 is 0 Å². The summed E-state index contributed by atoms with van der Waals surface area (Å²) in [6.45, 7) is 4.59. The van der Waals surface area contributed by atoms with Crippen molar-refractivity contribution in [3.05, 3.63) is 59.3 Å². The molecule has 1 aromatic heterocycles. The van der Waals surface area contributed by atoms with Crippen LogP contribution in [0.4, 0.5) is 5.82 Å². The number of benzene rings is 1. The number of pyridine rings is 1. The van der Waals surface area contributed by atoms with Crippen LogP contribution in [0.3, 0.4) is 0 Å². The summed E-state index contributed by atoms with van der Waals surface area (Å²) in [5.74, 6) is 1.42. The fourth-order valence-electron chi connectivity index (χ4n) is 4.26. The van der Waals surface area contributed by atoms with Crippen molar-refractivity contribution in [1.82, 2.24) is 9.88 Å². The Kier molecular flexibility index (Phi) is 5.58. The van der Waals surface area contributed by atoms with E-state index in [2.05, 4.69) is 41.1 Å². The molecule has 0 saturated carbocycles. The zero-order valence-electron chi connectivity index (χ0n) is 16.8. The number of aryl methyl sites for hydroxylation is 1. The minimum atomic E-state index is -3.00. The molecule has 2 aromatic rings. The number of piperidine rings is 1. The van der Waals surface area contributed by atoms with Crippen molar-refractivity contribution in [2.45, 2.75) is 25.7 Å². The predicted octanol–water partition coefficient (Wildman–Crippen LogP) is 2.64. The van der Waals surface area contributed by atoms with Crippen molar-refractivity contribution in [3.8, 4) is 0 Å². The first-order chi connectivity index (χ1) is 13.9. The molecule has 0 radical (unpaired) electrons. The molecule has 3 heterocycles. The van der Waals surface area contributed by atoms with Crippen molar-refractivity contribution in [2.24, 2.45) is 0 Å². The average molecular weight is 414 g/mol. The van der Waals surface area contributed by atoms with Gasteiger partial charge in [0.15, 0.2) is 9.84 Å². The van der Waals surface area contributed by atoms with Crippen molar-refractivity contribution in [2.75, 3.05) is 42.6 Å². The average Bonchev–Trinajstić information content (AvgIpc) is 2.74. The number of carbonyl (C=O) groups is 1. The number of nitrogens with zero attached hydrogens (tertiary/aromatic N) is 3. The molecule has 29 heavy (non-hydrogen) atoms. The van der Waals surface area contributed by atoms with Gasteiger partial charge in [0.2, 0.25) is 0 Å². The number of anilines is 1. The van der Waals surface area contributed by atoms with E-state index in [1.165, 1.54) is 11.1 Å². The van der Waals surface area contributed by atoms with Crippen molar-refractivity contribution in [1.29, 1.82) is 0 Å². The molecule has 1 aromatic carbocycles. The summed E-state index contributed by atoms with van der Waals surface area (Å²) in [5, 5.41) is 0. The molecule has 0 unspecified atom stereocenters. The summed E-state index contributed by atoms with van der Waals surface area (Å²) in [6.07, 6.45) is 3.80. The maximum atomic E-state index is 12.6. The number of amides is 1. The third-order valence-corrected chi connectivity index (χ3v) is 7.68. The van der Waals surface area contributed by atoms with E-state index < -0.39 is 9.84 Å². The normalized spacial score (nSPS) is 19.9. The minimum Gasteiger partial charge on any atom is -0.357 e. The Morgan fingerprint density at radius 1 is 1.00 bits per heavy atom. The second-order valence-electron chi connectivity index (χ2n) is 7.97. The summed E-state index contributed by atoms with van der Waals surface area (Å²) in [7, 11) is -3.00. The summed E-state index contributed by atoms with van der Waals surface area (Å²) in [5.41, 5.74) is 3.32. The van der Waals surface area contributed by atoms with Gasteiger partial charge in [-0.3, -0.25) is 4.79 Å². The lowest BCUT2D eigenvalue weighted by Crippen LogP contribution is -2.43. The quantitative estimate of drug-likeness (QED) is 0.774. The highest BCUT2D eigenvalue weighted by Gasteiger charge is 2.26. The first-order valence-electron chi connectivity index (χ1n) is 10.2. The molecular weight excluding hydrogens is 386 g/mol. The van der Waals surface area contributed by atoms with Gasteiger partial charge in [-0.2, -0.15) is 0 Å². The lowest BCUT2D eigenvalue weighted by Gasteiger charge is -2.33. The van der Waals surface area contributed by atoms with Gasteiger partial charge in [-0.05, 0) is 48.9 Å². The molecule has 2 aliphatic heterocycles. The largest absolute Gasteiger partial charge is 0.357 e. The maximum Gasteiger partial charge on any atom is 0.255 e. The van der Waals surface area contributed by atoms with E-state index >= 15 is 0 Å². The van der Waals surface area contributed by atoms with Crippen LogP contribution in [0.15, 0.2) is 42.6 Å². The highest BCUT2D eigenvalue weighted by Crippen LogP contribution is 2.31. The number of hydrogen-bond acceptors (Lipinski definition) is 5. The van der Waals surface area contributed by atoms with Crippen LogP contribution in [0, 0.1) is 6.92 Å². The Hall–Kier alpha value is -2.41. The zero-order valence-corrected chi connectivity index (χ0v) is 17.6. The van der Waals surface area contributed by atoms with Gasteiger partial charge in [-0.15, -0.1) is 0 Å². The Labute approximate surface area is 172 Å². The first-order valence-corrected chi connectivity index (χ1v) is 12.0. The van der Waals surface area contributed by atoms with Gasteiger partial charge in [0.1, 0.15) is 5.82 Å². The lowest BCUT2D eigenvalue weighted by molar-refractivity contribution is 0.0770. The lowest BCUT2D eigenvalue weighted by atomic mass is 9.87. The van der Waals surface area contributed by atoms with Gasteiger partial charge in [0.05, 0.1) is 17.1 Å². The smallest absolute Gasteiger partial charge is 0.255 e. The molecule has 2 saturated heterocycles. The molecule has 0 atom stereocenters. The SMILES string of the molecule is Cc1ccccc1C1CCN(c2ccc(C(=O)N3CCS(=O)(=O)CC3)cn2)CC1. The fraction of sp³-hybridized carbons (Fsp3) is 0.455. The predicted molar refractivity (Wildman–Crippen MR) is 114 cm³/mol. The Balaban J connectivity index is 1.36. The molecule has 0 aliphatic carbocycles. The molecule has 6 nitrogen and oxygen atoms in total. The highest BCUT2D eigenvalue weighted by atomic mass is 32.2. The summed E-state index contributed by atoms with van der Waals surface area (Å²) in [4.78, 5) is 21.0. The fourth-order valence-corrected chi connectivity index (χ4v) is 5.46. The molecule has 4 rings (SSSR count). The molecule has 1 amide bonds. The van der Waals surface area contributed by atoms with Crippen LogP contribution in [0.2, 0.25) is 0 Å². The van der Waals surface area contributed by atoms with Gasteiger partial charge in [-0.25, -0.2) is 13.4 Å². The second-order valence-corrected chi connectivity index (χ2v) is 10.3. The van der Waals surface area contributed by atoms with E-state index in [1.807, 2.05) is 6.07 Å². The maximum absolute atomic E-state index is 12.6. The van der Waals surface area contributed by atoms with Crippen LogP contribution in [0.1, 0.15) is 40.2 Å². The number of rotatable bonds is 3. The van der Waals surface area contributed by atoms with Crippen molar-refractivity contribution < 1.29 is 13.2 Å². The van der Waals surface area contributed by atoms with Gasteiger partial charge in [0.25, 0.3) is 5.91 Å². The highest BCUT2D eigenvalue weighted by molar-refractivity contribution is 7.91. The molecule has 154 valence electrons. The van der Waals surface area contributed by atoms with Crippen molar-refractivity contribution >= 4 is 21.6 Å². The van der Waals surface area contributed by atoms with Crippen molar-refractivity contribution in [3.63, 3.8) is 0 Å². The topological polar surface area (TPSA) is 70.6 Å². The van der Waals surface area contributed by atoms with E-state index in [4.69, 9.17) is 0 Å². The third-order valence-electron chi connectivity index (χ3n) is 6.07. The molecule has 2 fully saturated rings. The summed E-state index contributed by atoms with van der Waals surface area (Å²) in [6, 6.07) is 12.3. The molecule has 2 aliphatic rings.